The molecule has 4 heterocycles. The molecule has 1 aromatic heterocycles. The molecule has 11 heteroatoms. The molecule has 0 spiro atoms. The fourth-order valence-corrected chi connectivity index (χ4v) is 5.85. The van der Waals surface area contributed by atoms with Gasteiger partial charge in [0, 0.05) is 75.2 Å². The third-order valence-corrected chi connectivity index (χ3v) is 8.52. The van der Waals surface area contributed by atoms with Crippen molar-refractivity contribution in [2.75, 3.05) is 62.7 Å². The molecule has 11 nitrogen and oxygen atoms in total. The minimum atomic E-state index is -1.39. The van der Waals surface area contributed by atoms with Gasteiger partial charge in [0.15, 0.2) is 5.82 Å². The van der Waals surface area contributed by atoms with Crippen molar-refractivity contribution in [1.29, 1.82) is 5.26 Å². The number of amides is 1. The number of benzene rings is 2. The van der Waals surface area contributed by atoms with E-state index in [1.807, 2.05) is 12.1 Å². The Kier molecular flexibility index (Phi) is 8.66. The predicted octanol–water partition coefficient (Wildman–Crippen LogP) is 3.42. The Balaban J connectivity index is 1.06. The summed E-state index contributed by atoms with van der Waals surface area (Å²) in [6, 6.07) is 18.4. The molecule has 0 saturated carbocycles. The first kappa shape index (κ1) is 29.8. The number of piperidine rings is 1. The van der Waals surface area contributed by atoms with Gasteiger partial charge in [-0.3, -0.25) is 9.69 Å². The molecule has 3 saturated heterocycles. The van der Waals surface area contributed by atoms with E-state index in [2.05, 4.69) is 50.4 Å². The molecule has 1 amide bonds. The Morgan fingerprint density at radius 1 is 1.05 bits per heavy atom. The Morgan fingerprint density at radius 3 is 2.41 bits per heavy atom. The molecular formula is C33H39N7O4. The van der Waals surface area contributed by atoms with Crippen molar-refractivity contribution in [3.05, 3.63) is 60.3 Å². The van der Waals surface area contributed by atoms with Crippen LogP contribution in [0.25, 0.3) is 11.4 Å². The third-order valence-electron chi connectivity index (χ3n) is 8.52. The van der Waals surface area contributed by atoms with Crippen molar-refractivity contribution in [1.82, 2.24) is 19.8 Å². The molecule has 3 fully saturated rings. The Bertz CT molecular complexity index is 1500. The number of carbonyl (C=O) groups is 1. The van der Waals surface area contributed by atoms with E-state index in [0.717, 1.165) is 45.1 Å². The fourth-order valence-electron chi connectivity index (χ4n) is 5.85. The molecule has 230 valence electrons. The lowest BCUT2D eigenvalue weighted by Crippen LogP contribution is -2.56. The first-order chi connectivity index (χ1) is 21.3. The van der Waals surface area contributed by atoms with Crippen molar-refractivity contribution in [3.63, 3.8) is 0 Å². The number of rotatable bonds is 8. The van der Waals surface area contributed by atoms with E-state index in [1.54, 1.807) is 23.2 Å². The molecular weight excluding hydrogens is 558 g/mol. The van der Waals surface area contributed by atoms with Crippen molar-refractivity contribution >= 4 is 23.1 Å². The average molecular weight is 598 g/mol. The second kappa shape index (κ2) is 12.8. The molecule has 0 bridgehead atoms. The predicted molar refractivity (Wildman–Crippen MR) is 167 cm³/mol. The highest BCUT2D eigenvalue weighted by Crippen LogP contribution is 2.29. The van der Waals surface area contributed by atoms with Crippen LogP contribution in [-0.4, -0.2) is 101 Å². The normalized spacial score (nSPS) is 18.4. The monoisotopic (exact) mass is 597 g/mol. The van der Waals surface area contributed by atoms with Gasteiger partial charge >= 0.3 is 0 Å². The van der Waals surface area contributed by atoms with Gasteiger partial charge in [-0.15, -0.1) is 0 Å². The SMILES string of the molecule is CC(C)(O)C(=O)N1CCC(Oc2ccc(-c3nccc(Nc4ccc(N5CCN(C6COC6)CC5)cc4)n3)cc2C#N)CC1. The number of hydrogen-bond acceptors (Lipinski definition) is 10. The maximum absolute atomic E-state index is 12.4. The van der Waals surface area contributed by atoms with Gasteiger partial charge in [0.1, 0.15) is 29.3 Å². The van der Waals surface area contributed by atoms with E-state index in [4.69, 9.17) is 14.5 Å². The van der Waals surface area contributed by atoms with Crippen LogP contribution in [0.4, 0.5) is 17.2 Å². The van der Waals surface area contributed by atoms with Crippen LogP contribution < -0.4 is 15.0 Å². The van der Waals surface area contributed by atoms with Crippen LogP contribution in [0.2, 0.25) is 0 Å². The number of piperazine rings is 1. The zero-order valence-electron chi connectivity index (χ0n) is 25.3. The standard InChI is InChI=1S/C33H39N7O4/c1-33(2,42)32(41)40-13-10-28(11-14-40)44-29-8-3-23(19-24(29)20-34)31-35-12-9-30(37-31)36-25-4-6-26(7-5-25)38-15-17-39(18-16-38)27-21-43-22-27/h3-9,12,19,27-28,42H,10-11,13-18,21-22H2,1-2H3,(H,35,36,37). The van der Waals surface area contributed by atoms with Crippen molar-refractivity contribution in [3.8, 4) is 23.2 Å². The van der Waals surface area contributed by atoms with Crippen LogP contribution >= 0.6 is 0 Å². The molecule has 0 atom stereocenters. The number of carbonyl (C=O) groups excluding carboxylic acids is 1. The summed E-state index contributed by atoms with van der Waals surface area (Å²) in [7, 11) is 0. The van der Waals surface area contributed by atoms with Gasteiger partial charge in [-0.2, -0.15) is 5.26 Å². The lowest BCUT2D eigenvalue weighted by molar-refractivity contribution is -0.149. The van der Waals surface area contributed by atoms with Gasteiger partial charge < -0.3 is 29.7 Å². The Hall–Kier alpha value is -4.24. The smallest absolute Gasteiger partial charge is 0.253 e. The van der Waals surface area contributed by atoms with E-state index in [1.165, 1.54) is 19.5 Å². The minimum Gasteiger partial charge on any atom is -0.489 e. The lowest BCUT2D eigenvalue weighted by atomic mass is 10.0. The van der Waals surface area contributed by atoms with Crippen molar-refractivity contribution in [2.24, 2.45) is 0 Å². The van der Waals surface area contributed by atoms with Gasteiger partial charge in [-0.1, -0.05) is 0 Å². The number of nitrogens with one attached hydrogen (secondary N) is 1. The summed E-state index contributed by atoms with van der Waals surface area (Å²) in [5.74, 6) is 1.38. The Morgan fingerprint density at radius 2 is 1.77 bits per heavy atom. The summed E-state index contributed by atoms with van der Waals surface area (Å²) in [6.07, 6.45) is 2.82. The topological polar surface area (TPSA) is 127 Å². The Labute approximate surface area is 258 Å². The maximum Gasteiger partial charge on any atom is 0.253 e. The molecule has 44 heavy (non-hydrogen) atoms. The summed E-state index contributed by atoms with van der Waals surface area (Å²) in [5, 5.41) is 23.3. The number of nitriles is 1. The maximum atomic E-state index is 12.4. The summed E-state index contributed by atoms with van der Waals surface area (Å²) < 4.78 is 11.5. The van der Waals surface area contributed by atoms with E-state index < -0.39 is 5.60 Å². The van der Waals surface area contributed by atoms with E-state index in [9.17, 15) is 15.2 Å². The van der Waals surface area contributed by atoms with Crippen LogP contribution in [0.15, 0.2) is 54.7 Å². The molecule has 0 radical (unpaired) electrons. The molecule has 3 aliphatic heterocycles. The molecule has 3 aliphatic rings. The lowest BCUT2D eigenvalue weighted by Gasteiger charge is -2.43. The molecule has 2 N–H and O–H groups in total. The van der Waals surface area contributed by atoms with Gasteiger partial charge in [0.2, 0.25) is 0 Å². The number of aromatic nitrogens is 2. The number of likely N-dealkylation sites (tertiary alicyclic amines) is 1. The summed E-state index contributed by atoms with van der Waals surface area (Å²) in [6.45, 7) is 9.86. The number of nitrogens with zero attached hydrogens (tertiary/aromatic N) is 6. The first-order valence-electron chi connectivity index (χ1n) is 15.3. The van der Waals surface area contributed by atoms with E-state index in [-0.39, 0.29) is 12.0 Å². The van der Waals surface area contributed by atoms with Crippen LogP contribution in [-0.2, 0) is 9.53 Å². The molecule has 2 aromatic carbocycles. The van der Waals surface area contributed by atoms with Gasteiger partial charge in [-0.25, -0.2) is 9.97 Å². The highest BCUT2D eigenvalue weighted by atomic mass is 16.5. The first-order valence-corrected chi connectivity index (χ1v) is 15.3. The zero-order chi connectivity index (χ0) is 30.7. The molecule has 0 aliphatic carbocycles. The molecule has 6 rings (SSSR count). The van der Waals surface area contributed by atoms with Crippen molar-refractivity contribution in [2.45, 2.75) is 44.4 Å². The van der Waals surface area contributed by atoms with Crippen LogP contribution in [0.1, 0.15) is 32.3 Å². The number of hydrogen-bond donors (Lipinski definition) is 2. The molecule has 0 unspecified atom stereocenters. The zero-order valence-corrected chi connectivity index (χ0v) is 25.3. The number of ether oxygens (including phenoxy) is 2. The highest BCUT2D eigenvalue weighted by Gasteiger charge is 2.33. The summed E-state index contributed by atoms with van der Waals surface area (Å²) in [4.78, 5) is 28.1. The van der Waals surface area contributed by atoms with Gasteiger partial charge in [-0.05, 0) is 62.4 Å². The summed E-state index contributed by atoms with van der Waals surface area (Å²) in [5.41, 5.74) is 1.87. The summed E-state index contributed by atoms with van der Waals surface area (Å²) >= 11 is 0. The van der Waals surface area contributed by atoms with Gasteiger partial charge in [0.05, 0.1) is 24.8 Å². The highest BCUT2D eigenvalue weighted by molar-refractivity contribution is 5.84. The third kappa shape index (κ3) is 6.78. The quantitative estimate of drug-likeness (QED) is 0.399. The van der Waals surface area contributed by atoms with E-state index >= 15 is 0 Å². The van der Waals surface area contributed by atoms with Crippen LogP contribution in [0.3, 0.4) is 0 Å². The van der Waals surface area contributed by atoms with Crippen LogP contribution in [0, 0.1) is 11.3 Å². The average Bonchev–Trinajstić information content (AvgIpc) is 3.01. The minimum absolute atomic E-state index is 0.124. The second-order valence-corrected chi connectivity index (χ2v) is 12.1. The number of anilines is 3. The second-order valence-electron chi connectivity index (χ2n) is 12.1. The van der Waals surface area contributed by atoms with E-state index in [0.29, 0.717) is 60.5 Å². The van der Waals surface area contributed by atoms with Gasteiger partial charge in [0.25, 0.3) is 5.91 Å². The van der Waals surface area contributed by atoms with Crippen LogP contribution in [0.5, 0.6) is 5.75 Å². The fraction of sp³-hybridized carbons (Fsp3) is 0.455. The largest absolute Gasteiger partial charge is 0.489 e. The van der Waals surface area contributed by atoms with Crippen molar-refractivity contribution < 1.29 is 19.4 Å². The number of aliphatic hydroxyl groups is 1. The molecule has 3 aromatic rings.